The Bertz CT molecular complexity index is 2010. The molecule has 49 heavy (non-hydrogen) atoms. The number of hydrogen-bond donors (Lipinski definition) is 3. The molecule has 0 radical (unpaired) electrons. The second kappa shape index (κ2) is 15.0. The van der Waals surface area contributed by atoms with Crippen LogP contribution in [0.1, 0.15) is 61.6 Å². The molecule has 0 bridgehead atoms. The lowest BCUT2D eigenvalue weighted by Gasteiger charge is -2.27. The summed E-state index contributed by atoms with van der Waals surface area (Å²) >= 11 is 1.58. The predicted octanol–water partition coefficient (Wildman–Crippen LogP) is 9.13. The quantitative estimate of drug-likeness (QED) is 0.106. The number of benzene rings is 3. The minimum atomic E-state index is -3.32. The molecule has 0 spiro atoms. The number of rotatable bonds is 13. The molecular formula is C38H47N5O4S2. The number of sulfonamides is 1. The number of thiazole rings is 1. The second-order valence-electron chi connectivity index (χ2n) is 13.8. The van der Waals surface area contributed by atoms with Gasteiger partial charge < -0.3 is 19.9 Å². The van der Waals surface area contributed by atoms with Crippen molar-refractivity contribution in [2.45, 2.75) is 72.8 Å². The van der Waals surface area contributed by atoms with Crippen molar-refractivity contribution in [1.29, 1.82) is 0 Å². The van der Waals surface area contributed by atoms with E-state index in [2.05, 4.69) is 70.3 Å². The number of aromatic nitrogens is 2. The van der Waals surface area contributed by atoms with E-state index in [0.717, 1.165) is 75.3 Å². The molecule has 0 atom stereocenters. The normalized spacial score (nSPS) is 11.9. The van der Waals surface area contributed by atoms with E-state index in [1.165, 1.54) is 11.1 Å². The van der Waals surface area contributed by atoms with Crippen molar-refractivity contribution in [2.75, 3.05) is 29.4 Å². The van der Waals surface area contributed by atoms with E-state index in [9.17, 15) is 13.2 Å². The van der Waals surface area contributed by atoms with Crippen LogP contribution in [0.2, 0.25) is 0 Å². The molecule has 0 saturated heterocycles. The molecule has 0 fully saturated rings. The van der Waals surface area contributed by atoms with Gasteiger partial charge in [0.15, 0.2) is 5.13 Å². The summed E-state index contributed by atoms with van der Waals surface area (Å²) in [4.78, 5) is 23.6. The van der Waals surface area contributed by atoms with Gasteiger partial charge in [-0.3, -0.25) is 4.72 Å². The summed E-state index contributed by atoms with van der Waals surface area (Å²) in [7, 11) is -3.32. The minimum absolute atomic E-state index is 0.321. The lowest BCUT2D eigenvalue weighted by atomic mass is 9.99. The highest BCUT2D eigenvalue weighted by Gasteiger charge is 2.23. The number of amides is 1. The highest BCUT2D eigenvalue weighted by atomic mass is 32.2. The van der Waals surface area contributed by atoms with E-state index < -0.39 is 15.6 Å². The molecule has 11 heteroatoms. The van der Waals surface area contributed by atoms with Gasteiger partial charge in [0.1, 0.15) is 5.60 Å². The number of ether oxygens (including phenoxy) is 1. The predicted molar refractivity (Wildman–Crippen MR) is 203 cm³/mol. The van der Waals surface area contributed by atoms with Crippen LogP contribution in [0, 0.1) is 20.8 Å². The lowest BCUT2D eigenvalue weighted by Crippen LogP contribution is -2.38. The van der Waals surface area contributed by atoms with Gasteiger partial charge in [-0.2, -0.15) is 0 Å². The van der Waals surface area contributed by atoms with Gasteiger partial charge in [-0.15, -0.1) is 11.3 Å². The number of anilines is 3. The first-order valence-corrected chi connectivity index (χ1v) is 19.4. The highest BCUT2D eigenvalue weighted by Crippen LogP contribution is 2.34. The van der Waals surface area contributed by atoms with Crippen molar-refractivity contribution in [3.05, 3.63) is 94.0 Å². The number of nitrogens with zero attached hydrogens (tertiary/aromatic N) is 2. The zero-order valence-corrected chi connectivity index (χ0v) is 31.1. The van der Waals surface area contributed by atoms with Gasteiger partial charge in [0.25, 0.3) is 0 Å². The SMILES string of the molecule is Cc1cc(C)cc(-c2[nH]c3ccc(Nc4nc(C)cs4)cc3c2CCN(CCCCc2ccc(NS(C)(=O)=O)cc2)C(=O)OC(C)(C)C)c1. The number of fused-ring (bicyclic) bond motifs is 1. The number of H-pyrrole nitrogens is 1. The van der Waals surface area contributed by atoms with E-state index in [0.29, 0.717) is 25.2 Å². The molecule has 5 aromatic rings. The van der Waals surface area contributed by atoms with E-state index in [-0.39, 0.29) is 6.09 Å². The fourth-order valence-corrected chi connectivity index (χ4v) is 7.21. The molecule has 3 N–H and O–H groups in total. The number of aryl methyl sites for hydroxylation is 4. The van der Waals surface area contributed by atoms with E-state index in [4.69, 9.17) is 4.74 Å². The maximum absolute atomic E-state index is 13.5. The maximum Gasteiger partial charge on any atom is 0.410 e. The van der Waals surface area contributed by atoms with Crippen LogP contribution in [0.4, 0.5) is 21.3 Å². The molecule has 0 aliphatic rings. The van der Waals surface area contributed by atoms with Crippen molar-refractivity contribution in [1.82, 2.24) is 14.9 Å². The largest absolute Gasteiger partial charge is 0.444 e. The van der Waals surface area contributed by atoms with Gasteiger partial charge >= 0.3 is 6.09 Å². The first-order chi connectivity index (χ1) is 23.1. The fourth-order valence-electron chi connectivity index (χ4n) is 5.94. The highest BCUT2D eigenvalue weighted by molar-refractivity contribution is 7.92. The molecule has 2 heterocycles. The van der Waals surface area contributed by atoms with Crippen molar-refractivity contribution in [3.8, 4) is 11.3 Å². The number of aromatic amines is 1. The number of carbonyl (C=O) groups excluding carboxylic acids is 1. The smallest absolute Gasteiger partial charge is 0.410 e. The van der Waals surface area contributed by atoms with E-state index >= 15 is 0 Å². The number of hydrogen-bond acceptors (Lipinski definition) is 7. The second-order valence-corrected chi connectivity index (χ2v) is 16.4. The topological polar surface area (TPSA) is 116 Å². The first kappa shape index (κ1) is 35.9. The third-order valence-corrected chi connectivity index (χ3v) is 9.45. The molecule has 0 saturated carbocycles. The fraction of sp³-hybridized carbons (Fsp3) is 0.368. The Morgan fingerprint density at radius 1 is 0.918 bits per heavy atom. The maximum atomic E-state index is 13.5. The Morgan fingerprint density at radius 2 is 1.61 bits per heavy atom. The summed E-state index contributed by atoms with van der Waals surface area (Å²) in [6.45, 7) is 12.9. The number of carbonyl (C=O) groups is 1. The Labute approximate surface area is 294 Å². The summed E-state index contributed by atoms with van der Waals surface area (Å²) in [6, 6.07) is 20.3. The standard InChI is InChI=1S/C38H47N5O4S2/c1-25-20-26(2)22-29(21-25)35-32(33-23-31(15-16-34(33)41-35)40-36-39-27(3)24-48-36)17-19-43(37(44)47-38(4,5)6)18-9-8-10-28-11-13-30(14-12-28)42-49(7,45)46/h11-16,20-24,41-42H,8-10,17-19H2,1-7H3,(H,39,40). The molecule has 0 unspecified atom stereocenters. The van der Waals surface area contributed by atoms with E-state index in [1.807, 2.05) is 50.1 Å². The summed E-state index contributed by atoms with van der Waals surface area (Å²) in [5.74, 6) is 0. The first-order valence-electron chi connectivity index (χ1n) is 16.6. The van der Waals surface area contributed by atoms with Crippen LogP contribution in [0.25, 0.3) is 22.2 Å². The molecule has 5 rings (SSSR count). The van der Waals surface area contributed by atoms with Crippen LogP contribution >= 0.6 is 11.3 Å². The third kappa shape index (κ3) is 10.3. The van der Waals surface area contributed by atoms with Gasteiger partial charge in [0.2, 0.25) is 10.0 Å². The minimum Gasteiger partial charge on any atom is -0.444 e. The molecular weight excluding hydrogens is 655 g/mol. The van der Waals surface area contributed by atoms with Crippen molar-refractivity contribution < 1.29 is 17.9 Å². The molecule has 0 aliphatic carbocycles. The van der Waals surface area contributed by atoms with Gasteiger partial charge in [-0.25, -0.2) is 18.2 Å². The van der Waals surface area contributed by atoms with Gasteiger partial charge in [0, 0.05) is 46.4 Å². The summed E-state index contributed by atoms with van der Waals surface area (Å²) in [5.41, 5.74) is 9.72. The molecule has 3 aromatic carbocycles. The Balaban J connectivity index is 1.37. The van der Waals surface area contributed by atoms with Crippen LogP contribution in [-0.2, 0) is 27.6 Å². The zero-order valence-electron chi connectivity index (χ0n) is 29.4. The monoisotopic (exact) mass is 701 g/mol. The lowest BCUT2D eigenvalue weighted by molar-refractivity contribution is 0.0249. The Kier molecular flexibility index (Phi) is 11.0. The van der Waals surface area contributed by atoms with Crippen molar-refractivity contribution >= 4 is 54.9 Å². The Hall–Kier alpha value is -4.35. The molecule has 260 valence electrons. The van der Waals surface area contributed by atoms with Crippen LogP contribution in [0.5, 0.6) is 0 Å². The average molecular weight is 702 g/mol. The van der Waals surface area contributed by atoms with E-state index in [1.54, 1.807) is 23.5 Å². The van der Waals surface area contributed by atoms with Crippen LogP contribution in [0.15, 0.2) is 66.0 Å². The van der Waals surface area contributed by atoms with Crippen molar-refractivity contribution in [2.24, 2.45) is 0 Å². The van der Waals surface area contributed by atoms with Crippen molar-refractivity contribution in [3.63, 3.8) is 0 Å². The molecule has 2 aromatic heterocycles. The number of unbranched alkanes of at least 4 members (excludes halogenated alkanes) is 1. The molecule has 9 nitrogen and oxygen atoms in total. The van der Waals surface area contributed by atoms with Gasteiger partial charge in [-0.1, -0.05) is 29.3 Å². The van der Waals surface area contributed by atoms with Crippen LogP contribution < -0.4 is 10.0 Å². The van der Waals surface area contributed by atoms with Crippen LogP contribution in [-0.4, -0.2) is 54.3 Å². The molecule has 1 amide bonds. The van der Waals surface area contributed by atoms with Gasteiger partial charge in [0.05, 0.1) is 11.9 Å². The summed E-state index contributed by atoms with van der Waals surface area (Å²) < 4.78 is 31.4. The average Bonchev–Trinajstić information content (AvgIpc) is 3.57. The van der Waals surface area contributed by atoms with Crippen LogP contribution in [0.3, 0.4) is 0 Å². The molecule has 0 aliphatic heterocycles. The summed E-state index contributed by atoms with van der Waals surface area (Å²) in [6.07, 6.45) is 3.93. The number of nitrogens with one attached hydrogen (secondary N) is 3. The Morgan fingerprint density at radius 3 is 2.24 bits per heavy atom. The summed E-state index contributed by atoms with van der Waals surface area (Å²) in [5, 5.41) is 7.44. The van der Waals surface area contributed by atoms with Gasteiger partial charge in [-0.05, 0) is 126 Å². The zero-order chi connectivity index (χ0) is 35.3. The third-order valence-electron chi connectivity index (χ3n) is 7.97.